The van der Waals surface area contributed by atoms with Crippen LogP contribution in [0.2, 0.25) is 0 Å². The summed E-state index contributed by atoms with van der Waals surface area (Å²) in [5.74, 6) is 1.70. The van der Waals surface area contributed by atoms with E-state index in [1.807, 2.05) is 6.20 Å². The molecule has 0 aliphatic carbocycles. The van der Waals surface area contributed by atoms with E-state index < -0.39 is 0 Å². The highest BCUT2D eigenvalue weighted by atomic mass is 16.5. The smallest absolute Gasteiger partial charge is 0.205 e. The van der Waals surface area contributed by atoms with Crippen LogP contribution in [0.4, 0.5) is 5.95 Å². The van der Waals surface area contributed by atoms with Crippen molar-refractivity contribution in [1.82, 2.24) is 9.55 Å². The van der Waals surface area contributed by atoms with E-state index >= 15 is 0 Å². The van der Waals surface area contributed by atoms with Gasteiger partial charge in [-0.05, 0) is 31.7 Å². The van der Waals surface area contributed by atoms with Gasteiger partial charge in [-0.25, -0.2) is 4.98 Å². The van der Waals surface area contributed by atoms with Gasteiger partial charge in [-0.3, -0.25) is 0 Å². The average molecular weight is 252 g/mol. The summed E-state index contributed by atoms with van der Waals surface area (Å²) in [5, 5.41) is 0. The molecule has 5 heteroatoms. The van der Waals surface area contributed by atoms with Gasteiger partial charge in [0.05, 0.1) is 0 Å². The number of ether oxygens (including phenoxy) is 1. The Morgan fingerprint density at radius 1 is 1.56 bits per heavy atom. The zero-order valence-electron chi connectivity index (χ0n) is 11.2. The molecule has 2 N–H and O–H groups in total. The van der Waals surface area contributed by atoms with Gasteiger partial charge in [0.1, 0.15) is 0 Å². The highest BCUT2D eigenvalue weighted by molar-refractivity contribution is 5.32. The van der Waals surface area contributed by atoms with Crippen LogP contribution in [0.1, 0.15) is 19.3 Å². The Hall–Kier alpha value is -1.07. The first-order valence-electron chi connectivity index (χ1n) is 6.80. The third kappa shape index (κ3) is 3.23. The van der Waals surface area contributed by atoms with Gasteiger partial charge in [-0.15, -0.1) is 0 Å². The third-order valence-electron chi connectivity index (χ3n) is 3.58. The van der Waals surface area contributed by atoms with E-state index in [-0.39, 0.29) is 0 Å². The Labute approximate surface area is 109 Å². The van der Waals surface area contributed by atoms with Crippen molar-refractivity contribution in [1.29, 1.82) is 0 Å². The minimum Gasteiger partial charge on any atom is -0.385 e. The van der Waals surface area contributed by atoms with E-state index in [1.54, 1.807) is 7.11 Å². The molecule has 1 saturated heterocycles. The van der Waals surface area contributed by atoms with E-state index in [9.17, 15) is 0 Å². The third-order valence-corrected chi connectivity index (χ3v) is 3.58. The lowest BCUT2D eigenvalue weighted by atomic mass is 9.99. The highest BCUT2D eigenvalue weighted by Crippen LogP contribution is 2.21. The maximum absolute atomic E-state index is 5.78. The summed E-state index contributed by atoms with van der Waals surface area (Å²) in [6.45, 7) is 4.67. The van der Waals surface area contributed by atoms with Crippen LogP contribution in [0, 0.1) is 5.92 Å². The van der Waals surface area contributed by atoms with Gasteiger partial charge in [0.2, 0.25) is 5.95 Å². The Kier molecular flexibility index (Phi) is 5.01. The number of nitrogens with zero attached hydrogens (tertiary/aromatic N) is 3. The van der Waals surface area contributed by atoms with Crippen molar-refractivity contribution >= 4 is 5.95 Å². The molecular weight excluding hydrogens is 228 g/mol. The van der Waals surface area contributed by atoms with Crippen molar-refractivity contribution in [3.63, 3.8) is 0 Å². The molecule has 2 rings (SSSR count). The SMILES string of the molecule is COCCCn1ccnc1N1CCCC(CN)C1. The monoisotopic (exact) mass is 252 g/mol. The number of rotatable bonds is 6. The first-order valence-corrected chi connectivity index (χ1v) is 6.80. The van der Waals surface area contributed by atoms with Crippen molar-refractivity contribution in [3.05, 3.63) is 12.4 Å². The number of aromatic nitrogens is 2. The number of hydrogen-bond acceptors (Lipinski definition) is 4. The number of anilines is 1. The predicted octanol–water partition coefficient (Wildman–Crippen LogP) is 1.09. The molecule has 1 aromatic rings. The normalized spacial score (nSPS) is 20.3. The Morgan fingerprint density at radius 3 is 3.22 bits per heavy atom. The number of hydrogen-bond donors (Lipinski definition) is 1. The lowest BCUT2D eigenvalue weighted by Crippen LogP contribution is -2.39. The zero-order chi connectivity index (χ0) is 12.8. The topological polar surface area (TPSA) is 56.3 Å². The molecule has 2 heterocycles. The molecule has 18 heavy (non-hydrogen) atoms. The molecule has 5 nitrogen and oxygen atoms in total. The van der Waals surface area contributed by atoms with E-state index in [1.165, 1.54) is 12.8 Å². The first-order chi connectivity index (χ1) is 8.85. The summed E-state index contributed by atoms with van der Waals surface area (Å²) in [6, 6.07) is 0. The predicted molar refractivity (Wildman–Crippen MR) is 72.7 cm³/mol. The van der Waals surface area contributed by atoms with E-state index in [4.69, 9.17) is 10.5 Å². The van der Waals surface area contributed by atoms with Gasteiger partial charge in [0.15, 0.2) is 0 Å². The molecule has 1 aromatic heterocycles. The van der Waals surface area contributed by atoms with Crippen LogP contribution in [0.25, 0.3) is 0 Å². The molecule has 0 spiro atoms. The van der Waals surface area contributed by atoms with Crippen molar-refractivity contribution in [2.24, 2.45) is 11.7 Å². The number of methoxy groups -OCH3 is 1. The molecule has 1 atom stereocenters. The van der Waals surface area contributed by atoms with Gasteiger partial charge in [-0.1, -0.05) is 0 Å². The first kappa shape index (κ1) is 13.4. The standard InChI is InChI=1S/C13H24N4O/c1-18-9-3-7-16-8-5-15-13(16)17-6-2-4-12(10-14)11-17/h5,8,12H,2-4,6-7,9-11,14H2,1H3. The molecule has 0 saturated carbocycles. The second-order valence-electron chi connectivity index (χ2n) is 4.96. The number of piperidine rings is 1. The van der Waals surface area contributed by atoms with Gasteiger partial charge in [0.25, 0.3) is 0 Å². The van der Waals surface area contributed by atoms with E-state index in [0.29, 0.717) is 5.92 Å². The summed E-state index contributed by atoms with van der Waals surface area (Å²) in [6.07, 6.45) is 7.42. The molecule has 1 aliphatic heterocycles. The maximum Gasteiger partial charge on any atom is 0.205 e. The van der Waals surface area contributed by atoms with Crippen LogP contribution in [-0.2, 0) is 11.3 Å². The molecule has 1 aliphatic rings. The fraction of sp³-hybridized carbons (Fsp3) is 0.769. The molecule has 0 amide bonds. The molecule has 0 bridgehead atoms. The van der Waals surface area contributed by atoms with Gasteiger partial charge in [-0.2, -0.15) is 0 Å². The van der Waals surface area contributed by atoms with Crippen LogP contribution in [0.15, 0.2) is 12.4 Å². The van der Waals surface area contributed by atoms with Crippen LogP contribution < -0.4 is 10.6 Å². The second-order valence-corrected chi connectivity index (χ2v) is 4.96. The van der Waals surface area contributed by atoms with Crippen molar-refractivity contribution < 1.29 is 4.74 Å². The summed E-state index contributed by atoms with van der Waals surface area (Å²) in [4.78, 5) is 6.86. The summed E-state index contributed by atoms with van der Waals surface area (Å²) in [7, 11) is 1.74. The Balaban J connectivity index is 1.97. The van der Waals surface area contributed by atoms with Crippen molar-refractivity contribution in [3.8, 4) is 0 Å². The van der Waals surface area contributed by atoms with Crippen LogP contribution in [-0.4, -0.2) is 42.9 Å². The molecule has 0 radical (unpaired) electrons. The second kappa shape index (κ2) is 6.75. The lowest BCUT2D eigenvalue weighted by Gasteiger charge is -2.33. The maximum atomic E-state index is 5.78. The Bertz CT molecular complexity index is 353. The summed E-state index contributed by atoms with van der Waals surface area (Å²) < 4.78 is 7.32. The molecule has 1 fully saturated rings. The van der Waals surface area contributed by atoms with E-state index in [0.717, 1.165) is 45.2 Å². The van der Waals surface area contributed by atoms with Crippen molar-refractivity contribution in [2.45, 2.75) is 25.8 Å². The van der Waals surface area contributed by atoms with Crippen LogP contribution >= 0.6 is 0 Å². The fourth-order valence-electron chi connectivity index (χ4n) is 2.58. The highest BCUT2D eigenvalue weighted by Gasteiger charge is 2.21. The van der Waals surface area contributed by atoms with E-state index in [2.05, 4.69) is 20.6 Å². The largest absolute Gasteiger partial charge is 0.385 e. The average Bonchev–Trinajstić information content (AvgIpc) is 2.87. The lowest BCUT2D eigenvalue weighted by molar-refractivity contribution is 0.190. The fourth-order valence-corrected chi connectivity index (χ4v) is 2.58. The van der Waals surface area contributed by atoms with Crippen molar-refractivity contribution in [2.75, 3.05) is 38.3 Å². The summed E-state index contributed by atoms with van der Waals surface area (Å²) >= 11 is 0. The number of imidazole rings is 1. The Morgan fingerprint density at radius 2 is 2.44 bits per heavy atom. The number of nitrogens with two attached hydrogens (primary N) is 1. The van der Waals surface area contributed by atoms with Gasteiger partial charge in [0, 0.05) is 45.7 Å². The molecule has 1 unspecified atom stereocenters. The molecule has 102 valence electrons. The van der Waals surface area contributed by atoms with Gasteiger partial charge >= 0.3 is 0 Å². The van der Waals surface area contributed by atoms with Crippen LogP contribution in [0.3, 0.4) is 0 Å². The quantitative estimate of drug-likeness (QED) is 0.770. The molecular formula is C13H24N4O. The summed E-state index contributed by atoms with van der Waals surface area (Å²) in [5.41, 5.74) is 5.78. The molecule has 0 aromatic carbocycles. The minimum atomic E-state index is 0.614. The zero-order valence-corrected chi connectivity index (χ0v) is 11.2. The minimum absolute atomic E-state index is 0.614. The van der Waals surface area contributed by atoms with Crippen LogP contribution in [0.5, 0.6) is 0 Å². The number of aryl methyl sites for hydroxylation is 1. The van der Waals surface area contributed by atoms with Gasteiger partial charge < -0.3 is 19.9 Å².